The van der Waals surface area contributed by atoms with Crippen LogP contribution in [0.5, 0.6) is 0 Å². The van der Waals surface area contributed by atoms with Gasteiger partial charge in [0.1, 0.15) is 0 Å². The average molecular weight is 421 g/mol. The second kappa shape index (κ2) is 9.31. The Kier molecular flexibility index (Phi) is 6.13. The quantitative estimate of drug-likeness (QED) is 0.432. The van der Waals surface area contributed by atoms with Crippen molar-refractivity contribution in [1.29, 1.82) is 0 Å². The second-order valence-corrected chi connectivity index (χ2v) is 7.61. The van der Waals surface area contributed by atoms with Crippen LogP contribution >= 0.6 is 0 Å². The molecule has 0 unspecified atom stereocenters. The summed E-state index contributed by atoms with van der Waals surface area (Å²) in [5.74, 6) is -1.06. The lowest BCUT2D eigenvalue weighted by Crippen LogP contribution is -2.24. The molecule has 4 rings (SSSR count). The number of carboxylic acid groups (broad SMARTS) is 1. The molecule has 0 aliphatic rings. The van der Waals surface area contributed by atoms with E-state index in [1.54, 1.807) is 22.8 Å². The summed E-state index contributed by atoms with van der Waals surface area (Å²) >= 11 is 0. The van der Waals surface area contributed by atoms with Crippen molar-refractivity contribution in [3.63, 3.8) is 0 Å². The highest BCUT2D eigenvalue weighted by Gasteiger charge is 2.19. The Morgan fingerprint density at radius 1 is 0.875 bits per heavy atom. The Morgan fingerprint density at radius 2 is 1.50 bits per heavy atom. The molecule has 4 aromatic rings. The predicted octanol–water partition coefficient (Wildman–Crippen LogP) is 5.74. The molecule has 0 aliphatic heterocycles. The first kappa shape index (κ1) is 21.1. The molecule has 0 atom stereocenters. The number of aryl methyl sites for hydroxylation is 1. The summed E-state index contributed by atoms with van der Waals surface area (Å²) < 4.78 is 1.65. The highest BCUT2D eigenvalue weighted by Crippen LogP contribution is 2.28. The molecule has 158 valence electrons. The number of aromatic carboxylic acids is 1. The summed E-state index contributed by atoms with van der Waals surface area (Å²) in [6.45, 7) is 2.35. The van der Waals surface area contributed by atoms with Crippen LogP contribution in [0, 0.1) is 6.92 Å². The first-order chi connectivity index (χ1) is 15.5. The van der Waals surface area contributed by atoms with Crippen molar-refractivity contribution in [2.24, 2.45) is 0 Å². The third kappa shape index (κ3) is 4.44. The molecule has 1 aromatic heterocycles. The maximum absolute atomic E-state index is 13.7. The van der Waals surface area contributed by atoms with E-state index in [0.29, 0.717) is 17.7 Å². The van der Waals surface area contributed by atoms with Gasteiger partial charge in [0.05, 0.1) is 17.7 Å². The van der Waals surface area contributed by atoms with Crippen LogP contribution in [0.2, 0.25) is 0 Å². The van der Waals surface area contributed by atoms with E-state index in [0.717, 1.165) is 22.3 Å². The molecule has 0 saturated heterocycles. The molecule has 0 bridgehead atoms. The first-order valence-corrected chi connectivity index (χ1v) is 10.4. The third-order valence-electron chi connectivity index (χ3n) is 5.38. The number of carboxylic acids is 1. The van der Waals surface area contributed by atoms with E-state index in [2.05, 4.69) is 0 Å². The number of aromatic nitrogens is 1. The highest BCUT2D eigenvalue weighted by molar-refractivity contribution is 5.97. The van der Waals surface area contributed by atoms with Gasteiger partial charge in [-0.25, -0.2) is 4.79 Å². The zero-order chi connectivity index (χ0) is 22.5. The summed E-state index contributed by atoms with van der Waals surface area (Å²) in [4.78, 5) is 25.6. The Balaban J connectivity index is 1.94. The minimum absolute atomic E-state index is 0.107. The highest BCUT2D eigenvalue weighted by atomic mass is 16.4. The molecule has 4 heteroatoms. The maximum Gasteiger partial charge on any atom is 0.336 e. The molecule has 0 saturated carbocycles. The lowest BCUT2D eigenvalue weighted by atomic mass is 9.93. The molecule has 0 aliphatic carbocycles. The number of pyridine rings is 1. The van der Waals surface area contributed by atoms with Gasteiger partial charge >= 0.3 is 5.97 Å². The summed E-state index contributed by atoms with van der Waals surface area (Å²) in [7, 11) is 0. The molecule has 1 N–H and O–H groups in total. The summed E-state index contributed by atoms with van der Waals surface area (Å²) in [6.07, 6.45) is 5.68. The number of nitrogens with zero attached hydrogens (tertiary/aromatic N) is 1. The zero-order valence-corrected chi connectivity index (χ0v) is 17.7. The smallest absolute Gasteiger partial charge is 0.336 e. The van der Waals surface area contributed by atoms with Gasteiger partial charge in [-0.05, 0) is 35.2 Å². The van der Waals surface area contributed by atoms with E-state index in [1.807, 2.05) is 85.9 Å². The predicted molar refractivity (Wildman–Crippen MR) is 129 cm³/mol. The normalized spacial score (nSPS) is 11.0. The molecule has 0 fully saturated rings. The van der Waals surface area contributed by atoms with Gasteiger partial charge in [-0.15, -0.1) is 0 Å². The standard InChI is InChI=1S/C28H23NO3/c1-20-18-29(19-22-12-6-3-7-13-22)27(30)26(24-14-8-9-15-25(24)28(31)32)23(20)17-16-21-10-4-2-5-11-21/h2-18H,19H2,1H3,(H,31,32). The monoisotopic (exact) mass is 421 g/mol. The Morgan fingerprint density at radius 3 is 2.19 bits per heavy atom. The minimum atomic E-state index is -1.06. The molecule has 0 radical (unpaired) electrons. The first-order valence-electron chi connectivity index (χ1n) is 10.4. The van der Waals surface area contributed by atoms with Crippen molar-refractivity contribution in [1.82, 2.24) is 4.57 Å². The fourth-order valence-corrected chi connectivity index (χ4v) is 3.82. The van der Waals surface area contributed by atoms with Gasteiger partial charge in [0, 0.05) is 11.8 Å². The van der Waals surface area contributed by atoms with E-state index >= 15 is 0 Å². The van der Waals surface area contributed by atoms with Gasteiger partial charge in [0.25, 0.3) is 5.56 Å². The lowest BCUT2D eigenvalue weighted by Gasteiger charge is -2.16. The van der Waals surface area contributed by atoms with E-state index in [-0.39, 0.29) is 11.1 Å². The molecular weight excluding hydrogens is 398 g/mol. The SMILES string of the molecule is Cc1cn(Cc2ccccc2)c(=O)c(-c2ccccc2C(=O)O)c1C=Cc1ccccc1. The van der Waals surface area contributed by atoms with Crippen LogP contribution in [0.3, 0.4) is 0 Å². The molecular formula is C28H23NO3. The Hall–Kier alpha value is -4.18. The Bertz CT molecular complexity index is 1340. The van der Waals surface area contributed by atoms with E-state index in [1.165, 1.54) is 6.07 Å². The molecule has 32 heavy (non-hydrogen) atoms. The van der Waals surface area contributed by atoms with Crippen molar-refractivity contribution < 1.29 is 9.90 Å². The van der Waals surface area contributed by atoms with Crippen molar-refractivity contribution in [3.05, 3.63) is 129 Å². The van der Waals surface area contributed by atoms with Crippen molar-refractivity contribution in [2.45, 2.75) is 13.5 Å². The molecule has 1 heterocycles. The van der Waals surface area contributed by atoms with Crippen molar-refractivity contribution in [3.8, 4) is 11.1 Å². The molecule has 0 spiro atoms. The van der Waals surface area contributed by atoms with Crippen LogP contribution in [0.25, 0.3) is 23.3 Å². The van der Waals surface area contributed by atoms with E-state index in [9.17, 15) is 14.7 Å². The number of rotatable bonds is 6. The van der Waals surface area contributed by atoms with Crippen LogP contribution in [-0.2, 0) is 6.54 Å². The topological polar surface area (TPSA) is 59.3 Å². The number of carbonyl (C=O) groups is 1. The van der Waals surface area contributed by atoms with Gasteiger partial charge < -0.3 is 9.67 Å². The lowest BCUT2D eigenvalue weighted by molar-refractivity contribution is 0.0697. The van der Waals surface area contributed by atoms with Crippen LogP contribution in [0.1, 0.15) is 32.6 Å². The molecule has 0 amide bonds. The van der Waals surface area contributed by atoms with Gasteiger partial charge in [-0.1, -0.05) is 91.0 Å². The van der Waals surface area contributed by atoms with Crippen LogP contribution < -0.4 is 5.56 Å². The van der Waals surface area contributed by atoms with E-state index in [4.69, 9.17) is 0 Å². The van der Waals surface area contributed by atoms with Gasteiger partial charge in [0.15, 0.2) is 0 Å². The molecule has 4 nitrogen and oxygen atoms in total. The zero-order valence-electron chi connectivity index (χ0n) is 17.7. The summed E-state index contributed by atoms with van der Waals surface area (Å²) in [5.41, 5.74) is 4.31. The minimum Gasteiger partial charge on any atom is -0.478 e. The van der Waals surface area contributed by atoms with Crippen LogP contribution in [-0.4, -0.2) is 15.6 Å². The van der Waals surface area contributed by atoms with Gasteiger partial charge in [-0.3, -0.25) is 4.79 Å². The summed E-state index contributed by atoms with van der Waals surface area (Å²) in [6, 6.07) is 26.2. The second-order valence-electron chi connectivity index (χ2n) is 7.61. The molecule has 3 aromatic carbocycles. The van der Waals surface area contributed by atoms with Crippen molar-refractivity contribution in [2.75, 3.05) is 0 Å². The van der Waals surface area contributed by atoms with Crippen LogP contribution in [0.15, 0.2) is 95.9 Å². The van der Waals surface area contributed by atoms with E-state index < -0.39 is 5.97 Å². The maximum atomic E-state index is 13.7. The van der Waals surface area contributed by atoms with Crippen molar-refractivity contribution >= 4 is 18.1 Å². The number of benzene rings is 3. The van der Waals surface area contributed by atoms with Gasteiger partial charge in [-0.2, -0.15) is 0 Å². The fraction of sp³-hybridized carbons (Fsp3) is 0.0714. The van der Waals surface area contributed by atoms with Crippen LogP contribution in [0.4, 0.5) is 0 Å². The number of hydrogen-bond acceptors (Lipinski definition) is 2. The Labute approximate surface area is 186 Å². The largest absolute Gasteiger partial charge is 0.478 e. The third-order valence-corrected chi connectivity index (χ3v) is 5.38. The van der Waals surface area contributed by atoms with Gasteiger partial charge in [0.2, 0.25) is 0 Å². The number of hydrogen-bond donors (Lipinski definition) is 1. The summed E-state index contributed by atoms with van der Waals surface area (Å²) in [5, 5.41) is 9.76. The fourth-order valence-electron chi connectivity index (χ4n) is 3.82. The average Bonchev–Trinajstić information content (AvgIpc) is 2.81.